The molecule has 8 nitrogen and oxygen atoms in total. The number of aromatic amines is 2. The lowest BCUT2D eigenvalue weighted by Gasteiger charge is -2.01. The standard InChI is InChI=1S/C26H22N8/c27-25-21(23(31-33-25)17-7-3-1-4-8-17)15-29-19-11-13-20(14-12-19)30-16-22-24(32-34-26(22)28)18-9-5-2-6-10-18/h1-16H,(H3,27,31,33)(H3,28,32,34). The van der Waals surface area contributed by atoms with Gasteiger partial charge < -0.3 is 11.5 Å². The maximum absolute atomic E-state index is 6.05. The average Bonchev–Trinajstić information content (AvgIpc) is 3.45. The lowest BCUT2D eigenvalue weighted by molar-refractivity contribution is 1.10. The van der Waals surface area contributed by atoms with Crippen LogP contribution in [-0.4, -0.2) is 32.8 Å². The highest BCUT2D eigenvalue weighted by Gasteiger charge is 2.11. The topological polar surface area (TPSA) is 134 Å². The van der Waals surface area contributed by atoms with Gasteiger partial charge in [-0.1, -0.05) is 60.7 Å². The lowest BCUT2D eigenvalue weighted by atomic mass is 10.1. The largest absolute Gasteiger partial charge is 0.382 e. The van der Waals surface area contributed by atoms with E-state index in [1.807, 2.05) is 84.9 Å². The highest BCUT2D eigenvalue weighted by atomic mass is 15.2. The maximum Gasteiger partial charge on any atom is 0.154 e. The van der Waals surface area contributed by atoms with Gasteiger partial charge in [-0.05, 0) is 24.3 Å². The van der Waals surface area contributed by atoms with E-state index in [0.29, 0.717) is 11.6 Å². The van der Waals surface area contributed by atoms with Crippen molar-refractivity contribution in [1.82, 2.24) is 20.4 Å². The van der Waals surface area contributed by atoms with Crippen LogP contribution in [0.3, 0.4) is 0 Å². The molecule has 3 aromatic carbocycles. The van der Waals surface area contributed by atoms with Gasteiger partial charge in [-0.3, -0.25) is 20.2 Å². The van der Waals surface area contributed by atoms with Crippen LogP contribution in [-0.2, 0) is 0 Å². The Bertz CT molecular complexity index is 1330. The first-order chi connectivity index (χ1) is 16.7. The third-order valence-corrected chi connectivity index (χ3v) is 5.33. The van der Waals surface area contributed by atoms with E-state index in [1.54, 1.807) is 12.4 Å². The molecular formula is C26H22N8. The van der Waals surface area contributed by atoms with Crippen LogP contribution in [0.15, 0.2) is 94.9 Å². The van der Waals surface area contributed by atoms with Crippen molar-refractivity contribution < 1.29 is 0 Å². The normalized spacial score (nSPS) is 11.5. The molecule has 0 bridgehead atoms. The molecule has 166 valence electrons. The summed E-state index contributed by atoms with van der Waals surface area (Å²) in [6.07, 6.45) is 3.44. The predicted octanol–water partition coefficient (Wildman–Crippen LogP) is 5.13. The van der Waals surface area contributed by atoms with E-state index in [-0.39, 0.29) is 0 Å². The highest BCUT2D eigenvalue weighted by molar-refractivity contribution is 5.96. The molecule has 0 radical (unpaired) electrons. The molecular weight excluding hydrogens is 424 g/mol. The third-order valence-electron chi connectivity index (χ3n) is 5.33. The van der Waals surface area contributed by atoms with Crippen LogP contribution in [0.1, 0.15) is 11.1 Å². The van der Waals surface area contributed by atoms with E-state index in [4.69, 9.17) is 11.5 Å². The molecule has 5 aromatic rings. The molecule has 0 atom stereocenters. The summed E-state index contributed by atoms with van der Waals surface area (Å²) in [5.74, 6) is 0.798. The summed E-state index contributed by atoms with van der Waals surface area (Å²) >= 11 is 0. The minimum Gasteiger partial charge on any atom is -0.382 e. The van der Waals surface area contributed by atoms with E-state index >= 15 is 0 Å². The van der Waals surface area contributed by atoms with E-state index in [9.17, 15) is 0 Å². The Morgan fingerprint density at radius 1 is 0.559 bits per heavy atom. The van der Waals surface area contributed by atoms with Crippen molar-refractivity contribution in [2.24, 2.45) is 9.98 Å². The van der Waals surface area contributed by atoms with E-state index in [0.717, 1.165) is 45.0 Å². The first-order valence-corrected chi connectivity index (χ1v) is 10.7. The Morgan fingerprint density at radius 2 is 0.941 bits per heavy atom. The van der Waals surface area contributed by atoms with Gasteiger partial charge in [0.25, 0.3) is 0 Å². The SMILES string of the molecule is Nc1n[nH]c(-c2ccccc2)c1C=Nc1ccc(N=Cc2c(N)n[nH]c2-c2ccccc2)cc1. The number of hydrogen-bond acceptors (Lipinski definition) is 6. The summed E-state index contributed by atoms with van der Waals surface area (Å²) in [5.41, 5.74) is 18.8. The van der Waals surface area contributed by atoms with Crippen LogP contribution in [0.2, 0.25) is 0 Å². The number of aromatic nitrogens is 4. The van der Waals surface area contributed by atoms with Crippen molar-refractivity contribution >= 4 is 35.4 Å². The van der Waals surface area contributed by atoms with Crippen LogP contribution >= 0.6 is 0 Å². The van der Waals surface area contributed by atoms with Gasteiger partial charge in [-0.25, -0.2) is 0 Å². The molecule has 5 rings (SSSR count). The second-order valence-electron chi connectivity index (χ2n) is 7.56. The molecule has 0 fully saturated rings. The van der Waals surface area contributed by atoms with Crippen molar-refractivity contribution in [3.8, 4) is 22.5 Å². The highest BCUT2D eigenvalue weighted by Crippen LogP contribution is 2.26. The summed E-state index contributed by atoms with van der Waals surface area (Å²) in [7, 11) is 0. The Labute approximate surface area is 196 Å². The molecule has 6 N–H and O–H groups in total. The van der Waals surface area contributed by atoms with Gasteiger partial charge in [0.2, 0.25) is 0 Å². The second kappa shape index (κ2) is 9.25. The number of nitrogens with one attached hydrogen (secondary N) is 2. The monoisotopic (exact) mass is 446 g/mol. The Balaban J connectivity index is 1.35. The molecule has 2 heterocycles. The van der Waals surface area contributed by atoms with E-state index in [1.165, 1.54) is 0 Å². The lowest BCUT2D eigenvalue weighted by Crippen LogP contribution is -1.92. The smallest absolute Gasteiger partial charge is 0.154 e. The van der Waals surface area contributed by atoms with Crippen molar-refractivity contribution in [3.05, 3.63) is 96.1 Å². The van der Waals surface area contributed by atoms with Crippen LogP contribution in [0.4, 0.5) is 23.0 Å². The van der Waals surface area contributed by atoms with Gasteiger partial charge in [0.05, 0.1) is 33.9 Å². The Hall–Kier alpha value is -4.98. The third kappa shape index (κ3) is 4.33. The van der Waals surface area contributed by atoms with Gasteiger partial charge in [-0.2, -0.15) is 10.2 Å². The molecule has 8 heteroatoms. The summed E-state index contributed by atoms with van der Waals surface area (Å²) in [6, 6.07) is 27.3. The zero-order chi connectivity index (χ0) is 23.3. The van der Waals surface area contributed by atoms with Crippen molar-refractivity contribution in [2.45, 2.75) is 0 Å². The van der Waals surface area contributed by atoms with Gasteiger partial charge in [0.1, 0.15) is 0 Å². The zero-order valence-corrected chi connectivity index (χ0v) is 18.2. The van der Waals surface area contributed by atoms with Crippen molar-refractivity contribution in [3.63, 3.8) is 0 Å². The first-order valence-electron chi connectivity index (χ1n) is 10.7. The fourth-order valence-corrected chi connectivity index (χ4v) is 3.54. The number of nitrogen functional groups attached to an aromatic ring is 2. The summed E-state index contributed by atoms with van der Waals surface area (Å²) in [6.45, 7) is 0. The molecule has 0 unspecified atom stereocenters. The number of aliphatic imine (C=N–C) groups is 2. The Kier molecular flexibility index (Phi) is 5.69. The van der Waals surface area contributed by atoms with Gasteiger partial charge >= 0.3 is 0 Å². The fraction of sp³-hybridized carbons (Fsp3) is 0. The molecule has 2 aromatic heterocycles. The fourth-order valence-electron chi connectivity index (χ4n) is 3.54. The molecule has 0 saturated heterocycles. The van der Waals surface area contributed by atoms with Crippen LogP contribution in [0.5, 0.6) is 0 Å². The minimum atomic E-state index is 0.399. The zero-order valence-electron chi connectivity index (χ0n) is 18.2. The number of nitrogens with two attached hydrogens (primary N) is 2. The number of hydrogen-bond donors (Lipinski definition) is 4. The number of H-pyrrole nitrogens is 2. The number of anilines is 2. The summed E-state index contributed by atoms with van der Waals surface area (Å²) in [5, 5.41) is 14.2. The van der Waals surface area contributed by atoms with E-state index < -0.39 is 0 Å². The number of benzene rings is 3. The first kappa shape index (κ1) is 20.9. The predicted molar refractivity (Wildman–Crippen MR) is 138 cm³/mol. The summed E-state index contributed by atoms with van der Waals surface area (Å²) < 4.78 is 0. The van der Waals surface area contributed by atoms with Crippen LogP contribution in [0, 0.1) is 0 Å². The van der Waals surface area contributed by atoms with Crippen molar-refractivity contribution in [1.29, 1.82) is 0 Å². The van der Waals surface area contributed by atoms with Crippen LogP contribution < -0.4 is 11.5 Å². The quantitative estimate of drug-likeness (QED) is 0.269. The number of nitrogens with zero attached hydrogens (tertiary/aromatic N) is 4. The molecule has 0 aliphatic carbocycles. The molecule has 0 saturated carbocycles. The van der Waals surface area contributed by atoms with Crippen molar-refractivity contribution in [2.75, 3.05) is 11.5 Å². The van der Waals surface area contributed by atoms with E-state index in [2.05, 4.69) is 30.4 Å². The van der Waals surface area contributed by atoms with Gasteiger partial charge in [0, 0.05) is 23.6 Å². The average molecular weight is 447 g/mol. The summed E-state index contributed by atoms with van der Waals surface area (Å²) in [4.78, 5) is 9.13. The van der Waals surface area contributed by atoms with Crippen LogP contribution in [0.25, 0.3) is 22.5 Å². The molecule has 0 spiro atoms. The molecule has 0 aliphatic heterocycles. The molecule has 0 aliphatic rings. The Morgan fingerprint density at radius 3 is 1.32 bits per heavy atom. The van der Waals surface area contributed by atoms with Gasteiger partial charge in [0.15, 0.2) is 11.6 Å². The molecule has 34 heavy (non-hydrogen) atoms. The minimum absolute atomic E-state index is 0.399. The van der Waals surface area contributed by atoms with Gasteiger partial charge in [-0.15, -0.1) is 0 Å². The molecule has 0 amide bonds. The maximum atomic E-state index is 6.05. The second-order valence-corrected chi connectivity index (χ2v) is 7.56. The number of rotatable bonds is 6.